The second-order valence-corrected chi connectivity index (χ2v) is 11.0. The van der Waals surface area contributed by atoms with Gasteiger partial charge in [-0.25, -0.2) is 4.79 Å². The van der Waals surface area contributed by atoms with Gasteiger partial charge in [0.1, 0.15) is 12.4 Å². The van der Waals surface area contributed by atoms with Crippen LogP contribution in [0.3, 0.4) is 0 Å². The number of methoxy groups -OCH3 is 1. The quantitative estimate of drug-likeness (QED) is 0.332. The first kappa shape index (κ1) is 26.6. The third-order valence-corrected chi connectivity index (χ3v) is 7.63. The zero-order valence-electron chi connectivity index (χ0n) is 19.5. The smallest absolute Gasteiger partial charge is 0.408 e. The lowest BCUT2D eigenvalue weighted by Crippen LogP contribution is -2.37. The van der Waals surface area contributed by atoms with Gasteiger partial charge in [0.2, 0.25) is 7.37 Å². The van der Waals surface area contributed by atoms with E-state index < -0.39 is 31.1 Å². The van der Waals surface area contributed by atoms with Gasteiger partial charge in [0, 0.05) is 6.16 Å². The highest BCUT2D eigenvalue weighted by Crippen LogP contribution is 2.49. The first-order valence-electron chi connectivity index (χ1n) is 11.1. The highest BCUT2D eigenvalue weighted by molar-refractivity contribution is 7.58. The van der Waals surface area contributed by atoms with Crippen LogP contribution in [0.4, 0.5) is 4.79 Å². The average Bonchev–Trinajstić information content (AvgIpc) is 2.80. The van der Waals surface area contributed by atoms with E-state index in [1.807, 2.05) is 74.5 Å². The summed E-state index contributed by atoms with van der Waals surface area (Å²) in [6.07, 6.45) is 0.0948. The van der Waals surface area contributed by atoms with Crippen LogP contribution in [0, 0.1) is 11.8 Å². The molecule has 0 aliphatic heterocycles. The monoisotopic (exact) mass is 475 g/mol. The summed E-state index contributed by atoms with van der Waals surface area (Å²) in [6.45, 7) is 3.92. The van der Waals surface area contributed by atoms with Crippen LogP contribution in [-0.2, 0) is 31.9 Å². The minimum Gasteiger partial charge on any atom is -0.469 e. The Morgan fingerprint density at radius 1 is 1.00 bits per heavy atom. The number of hydrogen-bond donors (Lipinski definition) is 2. The van der Waals surface area contributed by atoms with Crippen LogP contribution in [0.2, 0.25) is 0 Å². The van der Waals surface area contributed by atoms with Crippen LogP contribution in [0.1, 0.15) is 37.8 Å². The average molecular weight is 476 g/mol. The molecule has 0 fully saturated rings. The number of rotatable bonds is 12. The first-order chi connectivity index (χ1) is 15.7. The zero-order chi connectivity index (χ0) is 24.3. The first-order valence-corrected chi connectivity index (χ1v) is 13.0. The Kier molecular flexibility index (Phi) is 10.6. The Morgan fingerprint density at radius 2 is 1.58 bits per heavy atom. The van der Waals surface area contributed by atoms with Crippen LogP contribution in [0.15, 0.2) is 60.7 Å². The molecule has 33 heavy (non-hydrogen) atoms. The lowest BCUT2D eigenvalue weighted by molar-refractivity contribution is -0.145. The molecule has 8 heteroatoms. The van der Waals surface area contributed by atoms with Gasteiger partial charge in [0.05, 0.1) is 13.0 Å². The van der Waals surface area contributed by atoms with Crippen LogP contribution < -0.4 is 5.32 Å². The number of ether oxygens (including phenoxy) is 2. The number of esters is 1. The minimum atomic E-state index is -3.98. The van der Waals surface area contributed by atoms with Crippen molar-refractivity contribution in [3.05, 3.63) is 71.8 Å². The highest BCUT2D eigenvalue weighted by Gasteiger charge is 2.37. The summed E-state index contributed by atoms with van der Waals surface area (Å²) in [6, 6.07) is 18.7. The fourth-order valence-electron chi connectivity index (χ4n) is 3.65. The maximum Gasteiger partial charge on any atom is 0.408 e. The number of aryl methyl sites for hydroxylation is 1. The van der Waals surface area contributed by atoms with Crippen molar-refractivity contribution in [1.82, 2.24) is 5.32 Å². The number of alkyl carbamates (subject to hydrolysis) is 1. The van der Waals surface area contributed by atoms with Gasteiger partial charge in [-0.1, -0.05) is 74.5 Å². The topological polar surface area (TPSA) is 102 Å². The van der Waals surface area contributed by atoms with Gasteiger partial charge in [-0.3, -0.25) is 9.36 Å². The van der Waals surface area contributed by atoms with Crippen LogP contribution in [0.25, 0.3) is 0 Å². The molecule has 7 nitrogen and oxygen atoms in total. The van der Waals surface area contributed by atoms with E-state index in [-0.39, 0.29) is 25.1 Å². The van der Waals surface area contributed by atoms with Gasteiger partial charge in [-0.15, -0.1) is 0 Å². The standard InChI is InChI=1S/C25H34NO6P/c1-19(2)16-22(24(27)31-3)18-33(29,30)23(15-14-20-10-6-4-7-11-20)26-25(28)32-17-21-12-8-5-9-13-21/h4-13,19,22-23H,14-18H2,1-3H3,(H,26,28)(H,29,30). The van der Waals surface area contributed by atoms with Crippen molar-refractivity contribution in [2.75, 3.05) is 13.3 Å². The molecule has 0 heterocycles. The van der Waals surface area contributed by atoms with E-state index in [0.717, 1.165) is 11.1 Å². The second-order valence-electron chi connectivity index (χ2n) is 8.53. The summed E-state index contributed by atoms with van der Waals surface area (Å²) in [5.74, 6) is -2.17. The molecule has 0 saturated carbocycles. The number of amides is 1. The van der Waals surface area contributed by atoms with Crippen molar-refractivity contribution in [3.63, 3.8) is 0 Å². The summed E-state index contributed by atoms with van der Waals surface area (Å²) < 4.78 is 23.6. The van der Waals surface area contributed by atoms with Gasteiger partial charge < -0.3 is 19.7 Å². The van der Waals surface area contributed by atoms with Crippen LogP contribution in [-0.4, -0.2) is 36.0 Å². The fourth-order valence-corrected chi connectivity index (χ4v) is 5.67. The van der Waals surface area contributed by atoms with Gasteiger partial charge in [0.25, 0.3) is 0 Å². The van der Waals surface area contributed by atoms with Crippen LogP contribution >= 0.6 is 7.37 Å². The molecule has 0 aromatic heterocycles. The Balaban J connectivity index is 2.13. The number of carbonyl (C=O) groups is 2. The van der Waals surface area contributed by atoms with E-state index in [1.165, 1.54) is 7.11 Å². The highest BCUT2D eigenvalue weighted by atomic mass is 31.2. The van der Waals surface area contributed by atoms with E-state index >= 15 is 0 Å². The van der Waals surface area contributed by atoms with E-state index in [9.17, 15) is 19.0 Å². The number of nitrogens with one attached hydrogen (secondary N) is 1. The molecule has 0 saturated heterocycles. The number of carbonyl (C=O) groups excluding carboxylic acids is 2. The van der Waals surface area contributed by atoms with Crippen molar-refractivity contribution in [2.24, 2.45) is 11.8 Å². The van der Waals surface area contributed by atoms with Crippen molar-refractivity contribution in [1.29, 1.82) is 0 Å². The predicted octanol–water partition coefficient (Wildman–Crippen LogP) is 4.98. The van der Waals surface area contributed by atoms with E-state index in [2.05, 4.69) is 5.32 Å². The van der Waals surface area contributed by atoms with Crippen molar-refractivity contribution < 1.29 is 28.5 Å². The van der Waals surface area contributed by atoms with E-state index in [4.69, 9.17) is 9.47 Å². The third kappa shape index (κ3) is 9.40. The van der Waals surface area contributed by atoms with Gasteiger partial charge in [0.15, 0.2) is 0 Å². The van der Waals surface area contributed by atoms with Gasteiger partial charge in [-0.2, -0.15) is 0 Å². The predicted molar refractivity (Wildman–Crippen MR) is 128 cm³/mol. The largest absolute Gasteiger partial charge is 0.469 e. The second kappa shape index (κ2) is 13.2. The molecule has 180 valence electrons. The molecule has 3 atom stereocenters. The lowest BCUT2D eigenvalue weighted by Gasteiger charge is -2.27. The van der Waals surface area contributed by atoms with E-state index in [0.29, 0.717) is 12.8 Å². The minimum absolute atomic E-state index is 0.0476. The summed E-state index contributed by atoms with van der Waals surface area (Å²) in [4.78, 5) is 35.7. The fraction of sp³-hybridized carbons (Fsp3) is 0.440. The Labute approximate surface area is 196 Å². The summed E-state index contributed by atoms with van der Waals surface area (Å²) in [7, 11) is -2.71. The van der Waals surface area contributed by atoms with Crippen molar-refractivity contribution in [3.8, 4) is 0 Å². The molecule has 0 bridgehead atoms. The Hall–Kier alpha value is -2.63. The van der Waals surface area contributed by atoms with E-state index in [1.54, 1.807) is 0 Å². The number of benzene rings is 2. The maximum absolute atomic E-state index is 13.4. The molecule has 0 aliphatic carbocycles. The van der Waals surface area contributed by atoms with Gasteiger partial charge >= 0.3 is 12.1 Å². The zero-order valence-corrected chi connectivity index (χ0v) is 20.4. The normalized spacial score (nSPS) is 14.7. The molecular weight excluding hydrogens is 441 g/mol. The van der Waals surface area contributed by atoms with Crippen LogP contribution in [0.5, 0.6) is 0 Å². The molecule has 2 aromatic carbocycles. The van der Waals surface area contributed by atoms with Gasteiger partial charge in [-0.05, 0) is 36.3 Å². The molecule has 2 aromatic rings. The third-order valence-electron chi connectivity index (χ3n) is 5.31. The van der Waals surface area contributed by atoms with Crippen molar-refractivity contribution in [2.45, 2.75) is 45.5 Å². The Morgan fingerprint density at radius 3 is 2.12 bits per heavy atom. The number of hydrogen-bond acceptors (Lipinski definition) is 5. The lowest BCUT2D eigenvalue weighted by atomic mass is 9.99. The molecule has 0 spiro atoms. The molecular formula is C25H34NO6P. The summed E-state index contributed by atoms with van der Waals surface area (Å²) in [5.41, 5.74) is 1.79. The molecule has 2 N–H and O–H groups in total. The molecule has 3 unspecified atom stereocenters. The molecule has 1 amide bonds. The molecule has 2 rings (SSSR count). The SMILES string of the molecule is COC(=O)C(CC(C)C)CP(=O)(O)C(CCc1ccccc1)NC(=O)OCc1ccccc1. The summed E-state index contributed by atoms with van der Waals surface area (Å²) >= 11 is 0. The van der Waals surface area contributed by atoms with Crippen molar-refractivity contribution >= 4 is 19.4 Å². The Bertz CT molecular complexity index is 919. The molecule has 0 radical (unpaired) electrons. The maximum atomic E-state index is 13.4. The summed E-state index contributed by atoms with van der Waals surface area (Å²) in [5, 5.41) is 2.59. The molecule has 0 aliphatic rings.